The van der Waals surface area contributed by atoms with Crippen molar-refractivity contribution < 1.29 is 153 Å². The number of carbonyl (C=O) groups excluding carboxylic acids is 5. The van der Waals surface area contributed by atoms with Crippen LogP contribution in [-0.2, 0) is 43.6 Å². The molecule has 680 valence electrons. The van der Waals surface area contributed by atoms with E-state index >= 15 is 0 Å². The SMILES string of the molecule is CCCC(C)(CC)C(=O)Nc1ccc(O)cc1.CCCC(C)(CC)C(=O)OC(C)(C)C(O)(C(F)(F)F)C(F)(F)F.CCCC(C)(CC)C(=O)OC(C)(C)C(O)(C(F)(F)F)C(F)(F)F.CCCC(C)(CC)C(=O)OC(C)(C)C(O)(C(F)(F)F)C(F)(F)F.CCCC(C)(CC)C(=O)Oc1ccc(O)cc1.CCCC(C)(CC)c1ccc(O)cc1. The molecule has 6 atom stereocenters. The second-order valence-corrected chi connectivity index (χ2v) is 32.2. The van der Waals surface area contributed by atoms with Crippen molar-refractivity contribution >= 4 is 35.5 Å². The zero-order valence-corrected chi connectivity index (χ0v) is 71.8. The van der Waals surface area contributed by atoms with Crippen molar-refractivity contribution in [2.45, 2.75) is 358 Å². The van der Waals surface area contributed by atoms with Gasteiger partial charge < -0.3 is 54.9 Å². The van der Waals surface area contributed by atoms with Gasteiger partial charge in [-0.2, -0.15) is 79.0 Å². The third kappa shape index (κ3) is 29.7. The highest BCUT2D eigenvalue weighted by molar-refractivity contribution is 5.95. The van der Waals surface area contributed by atoms with Crippen molar-refractivity contribution in [1.29, 1.82) is 0 Å². The van der Waals surface area contributed by atoms with E-state index < -0.39 is 110 Å². The summed E-state index contributed by atoms with van der Waals surface area (Å²) in [6, 6.07) is 20.4. The van der Waals surface area contributed by atoms with Gasteiger partial charge in [0.15, 0.2) is 16.8 Å². The first-order valence-electron chi connectivity index (χ1n) is 38.8. The van der Waals surface area contributed by atoms with Gasteiger partial charge in [0.2, 0.25) is 5.91 Å². The molecule has 117 heavy (non-hydrogen) atoms. The van der Waals surface area contributed by atoms with Gasteiger partial charge in [-0.05, 0) is 218 Å². The Hall–Kier alpha value is -6.97. The standard InChI is InChI=1S/3C14H22F6O3.C14H21NO2.C14H20O3.C13H20O/c3*1-6-8-11(5,7-2)9(21)23-10(3,4)12(22,13(15,16)17)14(18,19)20;1-4-10-14(3,5-2)13(17)15-11-6-8-12(16)9-7-11;1-4-10-14(3,5-2)13(16)17-12-8-6-11(15)7-9-12;1-4-10-13(3,5-2)11-6-8-12(14)9-7-11/h3*22H,6-8H2,1-5H3;6-9,16H,4-5,10H2,1-3H3,(H,15,17);6-9,15H,4-5,10H2,1-3H3;6-9,14H,4-5,10H2,1-3H3. The van der Waals surface area contributed by atoms with E-state index in [1.54, 1.807) is 90.1 Å². The van der Waals surface area contributed by atoms with Gasteiger partial charge in [-0.25, -0.2) is 0 Å². The number of phenolic OH excluding ortho intramolecular Hbond substituents is 3. The minimum atomic E-state index is -6.07. The van der Waals surface area contributed by atoms with E-state index in [9.17, 15) is 123 Å². The van der Waals surface area contributed by atoms with Crippen molar-refractivity contribution in [3.8, 4) is 23.0 Å². The van der Waals surface area contributed by atoms with Gasteiger partial charge in [-0.15, -0.1) is 0 Å². The van der Waals surface area contributed by atoms with Crippen LogP contribution in [0.4, 0.5) is 84.7 Å². The zero-order valence-electron chi connectivity index (χ0n) is 71.8. The molecule has 6 unspecified atom stereocenters. The molecule has 0 radical (unpaired) electrons. The number of aliphatic hydroxyl groups is 3. The fourth-order valence-electron chi connectivity index (χ4n) is 12.2. The zero-order chi connectivity index (χ0) is 93.1. The number of benzene rings is 3. The molecule has 1 amide bonds. The molecule has 0 heterocycles. The molecule has 16 nitrogen and oxygen atoms in total. The lowest BCUT2D eigenvalue weighted by Crippen LogP contribution is -2.70. The lowest BCUT2D eigenvalue weighted by molar-refractivity contribution is -0.408. The van der Waals surface area contributed by atoms with Crippen LogP contribution < -0.4 is 10.1 Å². The first-order chi connectivity index (χ1) is 52.6. The summed E-state index contributed by atoms with van der Waals surface area (Å²) >= 11 is 0. The molecule has 3 rings (SSSR count). The van der Waals surface area contributed by atoms with Gasteiger partial charge >= 0.3 is 60.9 Å². The number of amides is 1. The molecule has 0 aromatic heterocycles. The number of esters is 4. The van der Waals surface area contributed by atoms with Gasteiger partial charge in [0.1, 0.15) is 23.0 Å². The van der Waals surface area contributed by atoms with E-state index in [1.165, 1.54) is 51.3 Å². The number of anilines is 1. The third-order valence-corrected chi connectivity index (χ3v) is 21.9. The van der Waals surface area contributed by atoms with Gasteiger partial charge in [0.25, 0.3) is 16.8 Å². The minimum absolute atomic E-state index is 0.0486. The Labute approximate surface area is 677 Å². The van der Waals surface area contributed by atoms with Crippen LogP contribution in [0.15, 0.2) is 72.8 Å². The number of rotatable bonds is 32. The molecule has 34 heteroatoms. The van der Waals surface area contributed by atoms with E-state index in [0.717, 1.165) is 50.6 Å². The average Bonchev–Trinajstić information content (AvgIpc) is 0.739. The Morgan fingerprint density at radius 2 is 0.513 bits per heavy atom. The average molecular weight is 1720 g/mol. The Morgan fingerprint density at radius 1 is 0.299 bits per heavy atom. The Kier molecular flexibility index (Phi) is 43.5. The van der Waals surface area contributed by atoms with Crippen LogP contribution in [0, 0.1) is 27.1 Å². The van der Waals surface area contributed by atoms with Crippen LogP contribution in [0.2, 0.25) is 0 Å². The molecule has 0 spiro atoms. The van der Waals surface area contributed by atoms with Crippen molar-refractivity contribution in [3.05, 3.63) is 78.4 Å². The van der Waals surface area contributed by atoms with Crippen molar-refractivity contribution in [2.24, 2.45) is 27.1 Å². The van der Waals surface area contributed by atoms with Gasteiger partial charge in [-0.3, -0.25) is 24.0 Å². The van der Waals surface area contributed by atoms with Crippen LogP contribution in [0.25, 0.3) is 0 Å². The summed E-state index contributed by atoms with van der Waals surface area (Å²) in [5.74, 6) is -2.59. The molecule has 0 aliphatic rings. The summed E-state index contributed by atoms with van der Waals surface area (Å²) < 4.78 is 251. The van der Waals surface area contributed by atoms with Crippen molar-refractivity contribution in [1.82, 2.24) is 0 Å². The summed E-state index contributed by atoms with van der Waals surface area (Å²) in [4.78, 5) is 60.6. The first-order valence-corrected chi connectivity index (χ1v) is 38.8. The smallest absolute Gasteiger partial charge is 0.430 e. The number of aromatic hydroxyl groups is 3. The second-order valence-electron chi connectivity index (χ2n) is 32.2. The maximum absolute atomic E-state index is 12.9. The highest BCUT2D eigenvalue weighted by Gasteiger charge is 2.81. The number of alkyl halides is 18. The van der Waals surface area contributed by atoms with E-state index in [1.807, 2.05) is 39.8 Å². The number of carbonyl (C=O) groups is 5. The number of phenols is 3. The maximum atomic E-state index is 12.9. The van der Waals surface area contributed by atoms with Crippen LogP contribution in [-0.4, -0.2) is 131 Å². The highest BCUT2D eigenvalue weighted by atomic mass is 19.4. The molecular weight excluding hydrogens is 1590 g/mol. The molecule has 3 aromatic carbocycles. The summed E-state index contributed by atoms with van der Waals surface area (Å²) in [6.45, 7) is 35.3. The van der Waals surface area contributed by atoms with Gasteiger partial charge in [-0.1, -0.05) is 148 Å². The molecule has 3 aromatic rings. The fourth-order valence-corrected chi connectivity index (χ4v) is 12.2. The quantitative estimate of drug-likeness (QED) is 0.0101. The predicted molar refractivity (Wildman–Crippen MR) is 409 cm³/mol. The molecule has 0 saturated heterocycles. The number of hydrogen-bond donors (Lipinski definition) is 7. The van der Waals surface area contributed by atoms with Gasteiger partial charge in [0.05, 0.1) is 21.7 Å². The van der Waals surface area contributed by atoms with Gasteiger partial charge in [0, 0.05) is 11.1 Å². The topological polar surface area (TPSA) is 256 Å². The van der Waals surface area contributed by atoms with E-state index in [2.05, 4.69) is 54.1 Å². The lowest BCUT2D eigenvalue weighted by Gasteiger charge is -2.44. The Balaban J connectivity index is -0.00000134. The molecule has 0 aliphatic carbocycles. The van der Waals surface area contributed by atoms with Crippen LogP contribution >= 0.6 is 0 Å². The number of hydrogen-bond acceptors (Lipinski definition) is 15. The maximum Gasteiger partial charge on any atom is 0.430 e. The lowest BCUT2D eigenvalue weighted by atomic mass is 9.76. The summed E-state index contributed by atoms with van der Waals surface area (Å²) in [7, 11) is 0. The van der Waals surface area contributed by atoms with Crippen LogP contribution in [0.5, 0.6) is 23.0 Å². The molecular formula is C83H127F18NO15. The van der Waals surface area contributed by atoms with E-state index in [0.29, 0.717) is 72.3 Å². The molecule has 0 bridgehead atoms. The molecule has 0 fully saturated rings. The van der Waals surface area contributed by atoms with E-state index in [4.69, 9.17) is 14.9 Å². The highest BCUT2D eigenvalue weighted by Crippen LogP contribution is 2.55. The number of halogens is 18. The Bertz CT molecular complexity index is 3180. The van der Waals surface area contributed by atoms with E-state index in [-0.39, 0.29) is 72.7 Å². The predicted octanol–water partition coefficient (Wildman–Crippen LogP) is 24.1. The monoisotopic (exact) mass is 1720 g/mol. The molecule has 0 aliphatic heterocycles. The summed E-state index contributed by atoms with van der Waals surface area (Å²) in [5.41, 5.74) is -27.4. The number of ether oxygens (including phenoxy) is 4. The largest absolute Gasteiger partial charge is 0.508 e. The Morgan fingerprint density at radius 3 is 0.726 bits per heavy atom. The van der Waals surface area contributed by atoms with Crippen LogP contribution in [0.1, 0.15) is 287 Å². The van der Waals surface area contributed by atoms with Crippen molar-refractivity contribution in [2.75, 3.05) is 5.32 Å². The van der Waals surface area contributed by atoms with Crippen molar-refractivity contribution in [3.63, 3.8) is 0 Å². The number of nitrogens with one attached hydrogen (secondary N) is 1. The van der Waals surface area contributed by atoms with Crippen LogP contribution in [0.3, 0.4) is 0 Å². The fraction of sp³-hybridized carbons (Fsp3) is 0.723. The second kappa shape index (κ2) is 44.5. The first kappa shape index (κ1) is 114. The minimum Gasteiger partial charge on any atom is -0.508 e. The molecule has 0 saturated carbocycles. The summed E-state index contributed by atoms with van der Waals surface area (Å²) in [5, 5.41) is 58.6. The summed E-state index contributed by atoms with van der Waals surface area (Å²) in [6.07, 6.45) is -24.9. The molecule has 7 N–H and O–H groups in total. The normalized spacial score (nSPS) is 15.8. The third-order valence-electron chi connectivity index (χ3n) is 21.9.